The van der Waals surface area contributed by atoms with Crippen LogP contribution in [0.1, 0.15) is 36.8 Å². The van der Waals surface area contributed by atoms with Crippen LogP contribution >= 0.6 is 11.8 Å². The molecule has 2 aromatic carbocycles. The highest BCUT2D eigenvalue weighted by molar-refractivity contribution is 7.98. The Balaban J connectivity index is 1.26. The quantitative estimate of drug-likeness (QED) is 0.500. The van der Waals surface area contributed by atoms with E-state index in [1.807, 2.05) is 6.07 Å². The summed E-state index contributed by atoms with van der Waals surface area (Å²) in [6.45, 7) is 1.06. The molecule has 1 amide bonds. The van der Waals surface area contributed by atoms with Crippen molar-refractivity contribution < 1.29 is 17.6 Å². The van der Waals surface area contributed by atoms with Crippen LogP contribution in [-0.4, -0.2) is 39.0 Å². The fourth-order valence-electron chi connectivity index (χ4n) is 3.16. The third-order valence-electron chi connectivity index (χ3n) is 4.78. The average Bonchev–Trinajstić information content (AvgIpc) is 3.02. The van der Waals surface area contributed by atoms with E-state index in [9.17, 15) is 17.6 Å². The van der Waals surface area contributed by atoms with Crippen molar-refractivity contribution in [3.05, 3.63) is 65.5 Å². The lowest BCUT2D eigenvalue weighted by Gasteiger charge is -2.06. The van der Waals surface area contributed by atoms with Crippen LogP contribution in [0.2, 0.25) is 0 Å². The SMILES string of the molecule is O=C(CCCCCN=C1NS(=O)(=O)c2ccccc21)NCCSCc1ccccc1F. The number of sulfonamides is 1. The molecular formula is C22H26FN3O3S2. The molecule has 0 saturated carbocycles. The van der Waals surface area contributed by atoms with E-state index in [-0.39, 0.29) is 16.6 Å². The van der Waals surface area contributed by atoms with Crippen molar-refractivity contribution in [2.75, 3.05) is 18.8 Å². The minimum absolute atomic E-state index is 0.00952. The molecule has 0 unspecified atom stereocenters. The lowest BCUT2D eigenvalue weighted by Crippen LogP contribution is -2.25. The van der Waals surface area contributed by atoms with E-state index in [1.165, 1.54) is 6.07 Å². The van der Waals surface area contributed by atoms with Gasteiger partial charge in [0.2, 0.25) is 5.91 Å². The van der Waals surface area contributed by atoms with Crippen LogP contribution in [0, 0.1) is 5.82 Å². The van der Waals surface area contributed by atoms with Gasteiger partial charge in [-0.15, -0.1) is 0 Å². The summed E-state index contributed by atoms with van der Waals surface area (Å²) < 4.78 is 40.1. The summed E-state index contributed by atoms with van der Waals surface area (Å²) in [5.74, 6) is 1.52. The Morgan fingerprint density at radius 1 is 1.06 bits per heavy atom. The Labute approximate surface area is 186 Å². The van der Waals surface area contributed by atoms with Gasteiger partial charge in [0.15, 0.2) is 0 Å². The number of benzene rings is 2. The minimum atomic E-state index is -3.50. The molecule has 0 bridgehead atoms. The monoisotopic (exact) mass is 463 g/mol. The maximum atomic E-state index is 13.5. The number of nitrogens with zero attached hydrogens (tertiary/aromatic N) is 1. The highest BCUT2D eigenvalue weighted by Crippen LogP contribution is 2.22. The van der Waals surface area contributed by atoms with Crippen LogP contribution in [0.25, 0.3) is 0 Å². The van der Waals surface area contributed by atoms with Gasteiger partial charge in [-0.05, 0) is 36.6 Å². The van der Waals surface area contributed by atoms with Crippen molar-refractivity contribution in [3.63, 3.8) is 0 Å². The zero-order chi connectivity index (χ0) is 22.1. The second-order valence-electron chi connectivity index (χ2n) is 7.14. The van der Waals surface area contributed by atoms with Gasteiger partial charge in [0.05, 0.1) is 4.90 Å². The number of hydrogen-bond donors (Lipinski definition) is 2. The number of halogens is 1. The van der Waals surface area contributed by atoms with E-state index in [0.29, 0.717) is 42.2 Å². The molecule has 9 heteroatoms. The zero-order valence-electron chi connectivity index (χ0n) is 17.1. The van der Waals surface area contributed by atoms with Crippen molar-refractivity contribution in [2.45, 2.75) is 36.3 Å². The van der Waals surface area contributed by atoms with Gasteiger partial charge in [-0.1, -0.05) is 36.8 Å². The number of fused-ring (bicyclic) bond motifs is 1. The van der Waals surface area contributed by atoms with E-state index < -0.39 is 10.0 Å². The molecular weight excluding hydrogens is 437 g/mol. The van der Waals surface area contributed by atoms with E-state index in [1.54, 1.807) is 48.2 Å². The Morgan fingerprint density at radius 3 is 2.68 bits per heavy atom. The molecule has 0 fully saturated rings. The molecule has 0 saturated heterocycles. The van der Waals surface area contributed by atoms with E-state index in [0.717, 1.165) is 25.0 Å². The Hall–Kier alpha value is -2.39. The normalized spacial score (nSPS) is 15.5. The predicted molar refractivity (Wildman–Crippen MR) is 122 cm³/mol. The van der Waals surface area contributed by atoms with E-state index in [2.05, 4.69) is 15.0 Å². The lowest BCUT2D eigenvalue weighted by molar-refractivity contribution is -0.121. The summed E-state index contributed by atoms with van der Waals surface area (Å²) in [5, 5.41) is 2.88. The summed E-state index contributed by atoms with van der Waals surface area (Å²) in [6, 6.07) is 13.5. The molecule has 0 atom stereocenters. The number of amidine groups is 1. The summed E-state index contributed by atoms with van der Waals surface area (Å²) in [7, 11) is -3.50. The molecule has 0 spiro atoms. The van der Waals surface area contributed by atoms with Gasteiger partial charge in [-0.3, -0.25) is 14.5 Å². The summed E-state index contributed by atoms with van der Waals surface area (Å²) in [4.78, 5) is 16.5. The number of thioether (sulfide) groups is 1. The Morgan fingerprint density at radius 2 is 1.84 bits per heavy atom. The van der Waals surface area contributed by atoms with Gasteiger partial charge in [-0.2, -0.15) is 11.8 Å². The molecule has 0 aliphatic carbocycles. The number of rotatable bonds is 11. The molecule has 1 aliphatic rings. The maximum Gasteiger partial charge on any atom is 0.263 e. The number of amides is 1. The van der Waals surface area contributed by atoms with Crippen LogP contribution in [-0.2, 0) is 20.6 Å². The van der Waals surface area contributed by atoms with Gasteiger partial charge in [0.25, 0.3) is 10.0 Å². The molecule has 2 aromatic rings. The third kappa shape index (κ3) is 6.80. The third-order valence-corrected chi connectivity index (χ3v) is 7.18. The number of carbonyl (C=O) groups excluding carboxylic acids is 1. The van der Waals surface area contributed by atoms with Crippen LogP contribution in [0.3, 0.4) is 0 Å². The zero-order valence-corrected chi connectivity index (χ0v) is 18.8. The van der Waals surface area contributed by atoms with Gasteiger partial charge >= 0.3 is 0 Å². The number of hydrogen-bond acceptors (Lipinski definition) is 5. The fourth-order valence-corrected chi connectivity index (χ4v) is 5.26. The molecule has 31 heavy (non-hydrogen) atoms. The average molecular weight is 464 g/mol. The number of aliphatic imine (C=N–C) groups is 1. The minimum Gasteiger partial charge on any atom is -0.355 e. The molecule has 2 N–H and O–H groups in total. The van der Waals surface area contributed by atoms with E-state index in [4.69, 9.17) is 0 Å². The van der Waals surface area contributed by atoms with Gasteiger partial charge < -0.3 is 5.32 Å². The Bertz CT molecular complexity index is 1040. The number of unbranched alkanes of at least 4 members (excludes halogenated alkanes) is 2. The first-order chi connectivity index (χ1) is 15.0. The lowest BCUT2D eigenvalue weighted by atomic mass is 10.2. The molecule has 0 radical (unpaired) electrons. The van der Waals surface area contributed by atoms with E-state index >= 15 is 0 Å². The van der Waals surface area contributed by atoms with Crippen molar-refractivity contribution >= 4 is 33.5 Å². The second-order valence-corrected chi connectivity index (χ2v) is 9.89. The topological polar surface area (TPSA) is 87.6 Å². The Kier molecular flexibility index (Phi) is 8.48. The maximum absolute atomic E-state index is 13.5. The van der Waals surface area contributed by atoms with Gasteiger partial charge in [0, 0.05) is 36.6 Å². The fraction of sp³-hybridized carbons (Fsp3) is 0.364. The van der Waals surface area contributed by atoms with Crippen LogP contribution < -0.4 is 10.0 Å². The summed E-state index contributed by atoms with van der Waals surface area (Å²) >= 11 is 1.59. The standard InChI is InChI=1S/C22H26FN3O3S2/c23-19-10-5-3-8-17(19)16-30-15-14-24-21(27)12-2-1-7-13-25-22-18-9-4-6-11-20(18)31(28,29)26-22/h3-6,8-11H,1-2,7,12-16H2,(H,24,27)(H,25,26). The van der Waals surface area contributed by atoms with Crippen molar-refractivity contribution in [3.8, 4) is 0 Å². The molecule has 0 aromatic heterocycles. The highest BCUT2D eigenvalue weighted by atomic mass is 32.2. The van der Waals surface area contributed by atoms with Crippen LogP contribution in [0.4, 0.5) is 4.39 Å². The predicted octanol–water partition coefficient (Wildman–Crippen LogP) is 3.47. The van der Waals surface area contributed by atoms with Crippen LogP contribution in [0.15, 0.2) is 58.4 Å². The molecule has 166 valence electrons. The number of carbonyl (C=O) groups is 1. The second kappa shape index (κ2) is 11.3. The molecule has 6 nitrogen and oxygen atoms in total. The van der Waals surface area contributed by atoms with Crippen LogP contribution in [0.5, 0.6) is 0 Å². The number of nitrogens with one attached hydrogen (secondary N) is 2. The molecule has 1 aliphatic heterocycles. The molecule has 3 rings (SSSR count). The molecule has 1 heterocycles. The first kappa shape index (κ1) is 23.3. The van der Waals surface area contributed by atoms with Crippen molar-refractivity contribution in [1.82, 2.24) is 10.0 Å². The first-order valence-corrected chi connectivity index (χ1v) is 12.9. The first-order valence-electron chi connectivity index (χ1n) is 10.2. The largest absolute Gasteiger partial charge is 0.355 e. The van der Waals surface area contributed by atoms with Crippen molar-refractivity contribution in [1.29, 1.82) is 0 Å². The highest BCUT2D eigenvalue weighted by Gasteiger charge is 2.29. The van der Waals surface area contributed by atoms with Gasteiger partial charge in [0.1, 0.15) is 11.7 Å². The smallest absolute Gasteiger partial charge is 0.263 e. The summed E-state index contributed by atoms with van der Waals surface area (Å²) in [5.41, 5.74) is 1.28. The summed E-state index contributed by atoms with van der Waals surface area (Å²) in [6.07, 6.45) is 2.81. The van der Waals surface area contributed by atoms with Gasteiger partial charge in [-0.25, -0.2) is 12.8 Å². The van der Waals surface area contributed by atoms with Crippen molar-refractivity contribution in [2.24, 2.45) is 4.99 Å².